The lowest BCUT2D eigenvalue weighted by atomic mass is 10.1. The van der Waals surface area contributed by atoms with Crippen molar-refractivity contribution in [2.24, 2.45) is 4.99 Å². The van der Waals surface area contributed by atoms with E-state index in [1.807, 2.05) is 61.5 Å². The van der Waals surface area contributed by atoms with Crippen LogP contribution in [0.1, 0.15) is 22.3 Å². The molecule has 1 fully saturated rings. The molecule has 0 spiro atoms. The van der Waals surface area contributed by atoms with Crippen LogP contribution in [0.25, 0.3) is 0 Å². The molecule has 0 atom stereocenters. The Morgan fingerprint density at radius 1 is 1.14 bits per heavy atom. The molecule has 1 heterocycles. The van der Waals surface area contributed by atoms with Crippen LogP contribution in [-0.4, -0.2) is 28.3 Å². The number of carbonyl (C=O) groups excluding carboxylic acids is 1. The Bertz CT molecular complexity index is 697. The number of rotatable bonds is 2. The topological polar surface area (TPSA) is 32.7 Å². The molecule has 0 radical (unpaired) electrons. The Morgan fingerprint density at radius 2 is 1.95 bits per heavy atom. The van der Waals surface area contributed by atoms with Crippen molar-refractivity contribution in [3.05, 3.63) is 65.7 Å². The molecule has 3 rings (SSSR count). The van der Waals surface area contributed by atoms with Crippen molar-refractivity contribution in [2.45, 2.75) is 13.3 Å². The summed E-state index contributed by atoms with van der Waals surface area (Å²) in [5, 5.41) is 0.795. The Hall–Kier alpha value is -2.07. The quantitative estimate of drug-likeness (QED) is 0.830. The van der Waals surface area contributed by atoms with Crippen LogP contribution in [0.3, 0.4) is 0 Å². The number of hydrogen-bond acceptors (Lipinski definition) is 3. The smallest absolute Gasteiger partial charge is 0.259 e. The van der Waals surface area contributed by atoms with Gasteiger partial charge in [0.25, 0.3) is 5.91 Å². The van der Waals surface area contributed by atoms with Crippen molar-refractivity contribution in [2.75, 3.05) is 12.3 Å². The maximum atomic E-state index is 12.8. The molecule has 22 heavy (non-hydrogen) atoms. The molecular weight excluding hydrogens is 292 g/mol. The zero-order chi connectivity index (χ0) is 15.4. The van der Waals surface area contributed by atoms with E-state index in [0.29, 0.717) is 0 Å². The first-order valence-corrected chi connectivity index (χ1v) is 8.38. The third-order valence-corrected chi connectivity index (χ3v) is 4.54. The largest absolute Gasteiger partial charge is 0.287 e. The first-order valence-electron chi connectivity index (χ1n) is 7.39. The van der Waals surface area contributed by atoms with E-state index >= 15 is 0 Å². The highest BCUT2D eigenvalue weighted by Gasteiger charge is 2.24. The molecule has 2 aromatic carbocycles. The minimum atomic E-state index is 0.0329. The number of aryl methyl sites for hydroxylation is 1. The summed E-state index contributed by atoms with van der Waals surface area (Å²) < 4.78 is 0. The zero-order valence-electron chi connectivity index (χ0n) is 12.5. The standard InChI is InChI=1S/C18H18N2OS/c1-14-7-5-8-15(13-14)17(21)20-11-6-12-22-18(20)19-16-9-3-2-4-10-16/h2-5,7-10,13H,6,11-12H2,1H3. The van der Waals surface area contributed by atoms with Crippen LogP contribution >= 0.6 is 11.8 Å². The van der Waals surface area contributed by atoms with E-state index in [4.69, 9.17) is 0 Å². The van der Waals surface area contributed by atoms with E-state index in [2.05, 4.69) is 4.99 Å². The number of thioether (sulfide) groups is 1. The Balaban J connectivity index is 1.90. The molecular formula is C18H18N2OS. The SMILES string of the molecule is Cc1cccc(C(=O)N2CCCSC2=Nc2ccccc2)c1. The predicted molar refractivity (Wildman–Crippen MR) is 92.8 cm³/mol. The van der Waals surface area contributed by atoms with Crippen LogP contribution in [0.5, 0.6) is 0 Å². The van der Waals surface area contributed by atoms with Gasteiger partial charge in [0.2, 0.25) is 0 Å². The van der Waals surface area contributed by atoms with Gasteiger partial charge in [-0.25, -0.2) is 4.99 Å². The van der Waals surface area contributed by atoms with Crippen LogP contribution < -0.4 is 0 Å². The van der Waals surface area contributed by atoms with Crippen LogP contribution in [0, 0.1) is 6.92 Å². The van der Waals surface area contributed by atoms with Crippen LogP contribution in [-0.2, 0) is 0 Å². The van der Waals surface area contributed by atoms with Gasteiger partial charge < -0.3 is 0 Å². The number of para-hydroxylation sites is 1. The molecule has 1 aliphatic rings. The maximum Gasteiger partial charge on any atom is 0.259 e. The molecule has 0 aromatic heterocycles. The molecule has 4 heteroatoms. The van der Waals surface area contributed by atoms with Gasteiger partial charge in [-0.3, -0.25) is 9.69 Å². The lowest BCUT2D eigenvalue weighted by Crippen LogP contribution is -2.39. The van der Waals surface area contributed by atoms with Crippen molar-refractivity contribution in [3.8, 4) is 0 Å². The van der Waals surface area contributed by atoms with Gasteiger partial charge in [-0.05, 0) is 37.6 Å². The number of aliphatic imine (C=N–C) groups is 1. The van der Waals surface area contributed by atoms with E-state index in [1.54, 1.807) is 16.7 Å². The minimum Gasteiger partial charge on any atom is -0.287 e. The van der Waals surface area contributed by atoms with Gasteiger partial charge in [0.1, 0.15) is 0 Å². The van der Waals surface area contributed by atoms with Crippen molar-refractivity contribution < 1.29 is 4.79 Å². The van der Waals surface area contributed by atoms with Gasteiger partial charge in [-0.2, -0.15) is 0 Å². The number of amidine groups is 1. The second-order valence-electron chi connectivity index (χ2n) is 5.26. The molecule has 3 nitrogen and oxygen atoms in total. The first kappa shape index (κ1) is 14.9. The predicted octanol–water partition coefficient (Wildman–Crippen LogP) is 4.26. The molecule has 0 bridgehead atoms. The summed E-state index contributed by atoms with van der Waals surface area (Å²) >= 11 is 1.65. The third-order valence-electron chi connectivity index (χ3n) is 3.48. The molecule has 0 saturated carbocycles. The lowest BCUT2D eigenvalue weighted by Gasteiger charge is -2.28. The summed E-state index contributed by atoms with van der Waals surface area (Å²) in [6.07, 6.45) is 0.996. The zero-order valence-corrected chi connectivity index (χ0v) is 13.3. The highest BCUT2D eigenvalue weighted by Crippen LogP contribution is 2.24. The Morgan fingerprint density at radius 3 is 2.73 bits per heavy atom. The maximum absolute atomic E-state index is 12.8. The normalized spacial score (nSPS) is 16.8. The van der Waals surface area contributed by atoms with E-state index in [1.165, 1.54) is 0 Å². The second kappa shape index (κ2) is 6.79. The van der Waals surface area contributed by atoms with Gasteiger partial charge in [-0.15, -0.1) is 0 Å². The average molecular weight is 310 g/mol. The molecule has 0 N–H and O–H groups in total. The molecule has 0 aliphatic carbocycles. The fourth-order valence-electron chi connectivity index (χ4n) is 2.39. The number of nitrogens with zero attached hydrogens (tertiary/aromatic N) is 2. The number of amides is 1. The van der Waals surface area contributed by atoms with Gasteiger partial charge in [0.15, 0.2) is 5.17 Å². The van der Waals surface area contributed by atoms with Crippen molar-refractivity contribution >= 4 is 28.5 Å². The van der Waals surface area contributed by atoms with E-state index in [9.17, 15) is 4.79 Å². The summed E-state index contributed by atoms with van der Waals surface area (Å²) in [5.74, 6) is 1.04. The highest BCUT2D eigenvalue weighted by atomic mass is 32.2. The molecule has 1 aliphatic heterocycles. The van der Waals surface area contributed by atoms with Crippen LogP contribution in [0.2, 0.25) is 0 Å². The van der Waals surface area contributed by atoms with Crippen molar-refractivity contribution in [1.82, 2.24) is 4.90 Å². The van der Waals surface area contributed by atoms with Crippen LogP contribution in [0.15, 0.2) is 59.6 Å². The number of hydrogen-bond donors (Lipinski definition) is 0. The fourth-order valence-corrected chi connectivity index (χ4v) is 3.34. The van der Waals surface area contributed by atoms with E-state index < -0.39 is 0 Å². The molecule has 0 unspecified atom stereocenters. The summed E-state index contributed by atoms with van der Waals surface area (Å²) in [7, 11) is 0. The van der Waals surface area contributed by atoms with Gasteiger partial charge in [0.05, 0.1) is 5.69 Å². The molecule has 2 aromatic rings. The molecule has 1 saturated heterocycles. The van der Waals surface area contributed by atoms with E-state index in [0.717, 1.165) is 40.7 Å². The van der Waals surface area contributed by atoms with Crippen molar-refractivity contribution in [3.63, 3.8) is 0 Å². The average Bonchev–Trinajstić information content (AvgIpc) is 2.56. The monoisotopic (exact) mass is 310 g/mol. The van der Waals surface area contributed by atoms with Crippen molar-refractivity contribution in [1.29, 1.82) is 0 Å². The summed E-state index contributed by atoms with van der Waals surface area (Å²) in [6.45, 7) is 2.73. The highest BCUT2D eigenvalue weighted by molar-refractivity contribution is 8.13. The lowest BCUT2D eigenvalue weighted by molar-refractivity contribution is 0.0849. The summed E-state index contributed by atoms with van der Waals surface area (Å²) in [4.78, 5) is 19.2. The Labute approximate surface area is 135 Å². The van der Waals surface area contributed by atoms with Gasteiger partial charge in [-0.1, -0.05) is 47.7 Å². The summed E-state index contributed by atoms with van der Waals surface area (Å²) in [6, 6.07) is 17.5. The third kappa shape index (κ3) is 3.39. The second-order valence-corrected chi connectivity index (χ2v) is 6.32. The first-order chi connectivity index (χ1) is 10.7. The number of benzene rings is 2. The summed E-state index contributed by atoms with van der Waals surface area (Å²) in [5.41, 5.74) is 2.70. The molecule has 1 amide bonds. The fraction of sp³-hybridized carbons (Fsp3) is 0.222. The molecule has 112 valence electrons. The minimum absolute atomic E-state index is 0.0329. The van der Waals surface area contributed by atoms with E-state index in [-0.39, 0.29) is 5.91 Å². The van der Waals surface area contributed by atoms with Gasteiger partial charge >= 0.3 is 0 Å². The Kier molecular flexibility index (Phi) is 4.59. The van der Waals surface area contributed by atoms with Crippen LogP contribution in [0.4, 0.5) is 5.69 Å². The number of carbonyl (C=O) groups is 1. The van der Waals surface area contributed by atoms with Gasteiger partial charge in [0, 0.05) is 17.9 Å².